The summed E-state index contributed by atoms with van der Waals surface area (Å²) in [6.07, 6.45) is -3.34. The number of aliphatic hydroxyl groups is 1. The molecule has 0 amide bonds. The highest BCUT2D eigenvalue weighted by Crippen LogP contribution is 2.45. The summed E-state index contributed by atoms with van der Waals surface area (Å²) in [7, 11) is 0. The first-order chi connectivity index (χ1) is 13.7. The molecule has 29 heavy (non-hydrogen) atoms. The number of benzene rings is 2. The molecule has 0 saturated carbocycles. The number of hydrogen-bond donors (Lipinski definition) is 4. The molecule has 0 fully saturated rings. The Hall–Kier alpha value is -3.64. The summed E-state index contributed by atoms with van der Waals surface area (Å²) in [5, 5.41) is 29.9. The molecule has 0 aliphatic heterocycles. The van der Waals surface area contributed by atoms with Crippen molar-refractivity contribution in [3.63, 3.8) is 0 Å². The predicted octanol–water partition coefficient (Wildman–Crippen LogP) is 4.56. The van der Waals surface area contributed by atoms with E-state index in [9.17, 15) is 22.7 Å². The van der Waals surface area contributed by atoms with Crippen LogP contribution >= 0.6 is 0 Å². The number of nitrogens with zero attached hydrogens (tertiary/aromatic N) is 1. The number of anilines is 2. The highest BCUT2D eigenvalue weighted by molar-refractivity contribution is 5.88. The van der Waals surface area contributed by atoms with Crippen LogP contribution in [0.25, 0.3) is 0 Å². The Morgan fingerprint density at radius 1 is 1.07 bits per heavy atom. The number of rotatable bonds is 5. The summed E-state index contributed by atoms with van der Waals surface area (Å²) in [6.45, 7) is 0. The number of alkyl halides is 3. The molecular weight excluding hydrogens is 388 g/mol. The van der Waals surface area contributed by atoms with Gasteiger partial charge in [0.15, 0.2) is 0 Å². The van der Waals surface area contributed by atoms with E-state index in [2.05, 4.69) is 10.3 Å². The van der Waals surface area contributed by atoms with Crippen LogP contribution in [0.4, 0.5) is 28.9 Å². The highest BCUT2D eigenvalue weighted by Gasteiger charge is 2.56. The van der Waals surface area contributed by atoms with Crippen molar-refractivity contribution in [2.75, 3.05) is 5.32 Å². The van der Waals surface area contributed by atoms with Crippen molar-refractivity contribution in [2.24, 2.45) is 0 Å². The van der Waals surface area contributed by atoms with Crippen molar-refractivity contribution >= 4 is 17.6 Å². The van der Waals surface area contributed by atoms with Gasteiger partial charge < -0.3 is 20.8 Å². The topological polar surface area (TPSA) is 95.7 Å². The van der Waals surface area contributed by atoms with Crippen molar-refractivity contribution in [1.29, 1.82) is 10.7 Å². The van der Waals surface area contributed by atoms with Crippen molar-refractivity contribution in [3.8, 4) is 6.07 Å². The molecule has 5 nitrogen and oxygen atoms in total. The van der Waals surface area contributed by atoms with E-state index in [0.717, 1.165) is 30.6 Å². The molecule has 0 aliphatic carbocycles. The monoisotopic (exact) mass is 402 g/mol. The van der Waals surface area contributed by atoms with E-state index >= 15 is 0 Å². The van der Waals surface area contributed by atoms with Crippen LogP contribution in [0.15, 0.2) is 54.7 Å². The minimum Gasteiger partial charge on any atom is -0.372 e. The van der Waals surface area contributed by atoms with Gasteiger partial charge in [-0.05, 0) is 48.0 Å². The van der Waals surface area contributed by atoms with Gasteiger partial charge in [-0.1, -0.05) is 6.07 Å². The van der Waals surface area contributed by atoms with Gasteiger partial charge in [-0.15, -0.1) is 0 Å². The summed E-state index contributed by atoms with van der Waals surface area (Å²) < 4.78 is 54.6. The lowest BCUT2D eigenvalue weighted by Gasteiger charge is -2.31. The molecule has 148 valence electrons. The van der Waals surface area contributed by atoms with E-state index in [1.54, 1.807) is 6.07 Å². The van der Waals surface area contributed by atoms with Crippen LogP contribution in [0.5, 0.6) is 0 Å². The molecule has 4 N–H and O–H groups in total. The molecule has 0 aliphatic rings. The van der Waals surface area contributed by atoms with Gasteiger partial charge in [0.1, 0.15) is 17.6 Å². The maximum absolute atomic E-state index is 13.9. The van der Waals surface area contributed by atoms with Crippen LogP contribution in [0.3, 0.4) is 0 Å². The number of hydrogen-bond acceptors (Lipinski definition) is 4. The van der Waals surface area contributed by atoms with Gasteiger partial charge in [0.2, 0.25) is 5.60 Å². The van der Waals surface area contributed by atoms with Crippen molar-refractivity contribution in [1.82, 2.24) is 4.98 Å². The second kappa shape index (κ2) is 7.41. The first-order valence-corrected chi connectivity index (χ1v) is 8.24. The molecule has 3 rings (SSSR count). The third kappa shape index (κ3) is 3.70. The van der Waals surface area contributed by atoms with Gasteiger partial charge in [-0.2, -0.15) is 18.4 Å². The average Bonchev–Trinajstić information content (AvgIpc) is 3.18. The molecule has 1 unspecified atom stereocenters. The van der Waals surface area contributed by atoms with Gasteiger partial charge in [-0.25, -0.2) is 4.39 Å². The average molecular weight is 402 g/mol. The fourth-order valence-corrected chi connectivity index (χ4v) is 2.87. The van der Waals surface area contributed by atoms with Gasteiger partial charge in [0, 0.05) is 34.9 Å². The summed E-state index contributed by atoms with van der Waals surface area (Å²) in [5.74, 6) is -0.448. The summed E-state index contributed by atoms with van der Waals surface area (Å²) in [6, 6.07) is 11.3. The molecule has 1 atom stereocenters. The minimum atomic E-state index is -5.09. The summed E-state index contributed by atoms with van der Waals surface area (Å²) in [5.41, 5.74) is -3.74. The third-order valence-corrected chi connectivity index (χ3v) is 4.38. The normalized spacial score (nSPS) is 13.4. The van der Waals surface area contributed by atoms with Crippen LogP contribution in [0.2, 0.25) is 0 Å². The maximum atomic E-state index is 13.9. The molecule has 9 heteroatoms. The number of aromatic amines is 1. The fourth-order valence-electron chi connectivity index (χ4n) is 2.87. The van der Waals surface area contributed by atoms with E-state index in [4.69, 9.17) is 10.7 Å². The van der Waals surface area contributed by atoms with Crippen LogP contribution < -0.4 is 5.32 Å². The lowest BCUT2D eigenvalue weighted by Crippen LogP contribution is -2.43. The van der Waals surface area contributed by atoms with E-state index in [1.165, 1.54) is 30.3 Å². The Kier molecular flexibility index (Phi) is 5.14. The molecule has 1 heterocycles. The molecule has 1 aromatic heterocycles. The third-order valence-electron chi connectivity index (χ3n) is 4.38. The Labute approximate surface area is 162 Å². The predicted molar refractivity (Wildman–Crippen MR) is 98.6 cm³/mol. The zero-order valence-corrected chi connectivity index (χ0v) is 14.7. The van der Waals surface area contributed by atoms with E-state index in [1.807, 2.05) is 0 Å². The Balaban J connectivity index is 2.07. The summed E-state index contributed by atoms with van der Waals surface area (Å²) >= 11 is 0. The molecule has 0 spiro atoms. The van der Waals surface area contributed by atoms with Gasteiger partial charge in [-0.3, -0.25) is 0 Å². The molecular formula is C20H14F4N4O. The summed E-state index contributed by atoms with van der Waals surface area (Å²) in [4.78, 5) is 2.37. The second-order valence-electron chi connectivity index (χ2n) is 6.20. The first kappa shape index (κ1) is 20.1. The first-order valence-electron chi connectivity index (χ1n) is 8.24. The Bertz CT molecular complexity index is 1080. The number of aromatic nitrogens is 1. The molecule has 3 aromatic rings. The van der Waals surface area contributed by atoms with E-state index < -0.39 is 28.7 Å². The van der Waals surface area contributed by atoms with Crippen molar-refractivity contribution in [3.05, 3.63) is 82.9 Å². The Morgan fingerprint density at radius 3 is 2.31 bits per heavy atom. The lowest BCUT2D eigenvalue weighted by molar-refractivity contribution is -0.248. The quantitative estimate of drug-likeness (QED) is 0.372. The largest absolute Gasteiger partial charge is 0.425 e. The van der Waals surface area contributed by atoms with E-state index in [-0.39, 0.29) is 11.3 Å². The highest BCUT2D eigenvalue weighted by atomic mass is 19.4. The zero-order chi connectivity index (χ0) is 21.2. The fraction of sp³-hybridized carbons (Fsp3) is 0.100. The standard InChI is InChI=1S/C20H14F4N4O/c21-15-2-4-16(5-3-15)28-18-6-1-13(7-12(18)9-25)19(29,20(22,23)24)14-8-17(10-26)27-11-14/h1-9,11,25,27-29H. The van der Waals surface area contributed by atoms with E-state index in [0.29, 0.717) is 11.4 Å². The number of H-pyrrole nitrogens is 1. The van der Waals surface area contributed by atoms with Crippen LogP contribution in [0, 0.1) is 22.6 Å². The molecule has 2 aromatic carbocycles. The van der Waals surface area contributed by atoms with Gasteiger partial charge in [0.05, 0.1) is 0 Å². The lowest BCUT2D eigenvalue weighted by atomic mass is 9.86. The van der Waals surface area contributed by atoms with Crippen LogP contribution in [-0.2, 0) is 5.60 Å². The molecule has 0 bridgehead atoms. The van der Waals surface area contributed by atoms with Gasteiger partial charge in [0.25, 0.3) is 0 Å². The van der Waals surface area contributed by atoms with Gasteiger partial charge >= 0.3 is 6.18 Å². The number of nitriles is 1. The number of halogens is 4. The number of nitrogens with one attached hydrogen (secondary N) is 3. The minimum absolute atomic E-state index is 0.0746. The van der Waals surface area contributed by atoms with Crippen LogP contribution in [-0.4, -0.2) is 22.5 Å². The smallest absolute Gasteiger partial charge is 0.372 e. The Morgan fingerprint density at radius 2 is 1.76 bits per heavy atom. The zero-order valence-electron chi connectivity index (χ0n) is 14.7. The van der Waals surface area contributed by atoms with Crippen molar-refractivity contribution in [2.45, 2.75) is 11.8 Å². The SMILES string of the molecule is N#Cc1cc(C(O)(c2ccc(Nc3ccc(F)cc3)c(C=N)c2)C(F)(F)F)c[nH]1. The second-order valence-corrected chi connectivity index (χ2v) is 6.20. The molecule has 0 saturated heterocycles. The molecule has 0 radical (unpaired) electrons. The maximum Gasteiger partial charge on any atom is 0.425 e. The van der Waals surface area contributed by atoms with Crippen LogP contribution in [0.1, 0.15) is 22.4 Å². The van der Waals surface area contributed by atoms with Crippen molar-refractivity contribution < 1.29 is 22.7 Å².